The van der Waals surface area contributed by atoms with E-state index >= 15 is 0 Å². The summed E-state index contributed by atoms with van der Waals surface area (Å²) < 4.78 is 0. The fraction of sp³-hybridized carbons (Fsp3) is 0.571. The van der Waals surface area contributed by atoms with E-state index < -0.39 is 0 Å². The summed E-state index contributed by atoms with van der Waals surface area (Å²) in [6, 6.07) is 7.58. The van der Waals surface area contributed by atoms with Crippen molar-refractivity contribution >= 4 is 5.69 Å². The van der Waals surface area contributed by atoms with Gasteiger partial charge in [0.1, 0.15) is 0 Å². The van der Waals surface area contributed by atoms with E-state index in [9.17, 15) is 10.1 Å². The maximum atomic E-state index is 10.9. The highest BCUT2D eigenvalue weighted by atomic mass is 16.6. The molecule has 1 aliphatic heterocycles. The lowest BCUT2D eigenvalue weighted by atomic mass is 9.93. The lowest BCUT2D eigenvalue weighted by Crippen LogP contribution is -2.33. The van der Waals surface area contributed by atoms with Gasteiger partial charge in [-0.15, -0.1) is 0 Å². The quantitative estimate of drug-likeness (QED) is 0.668. The molecule has 1 aromatic carbocycles. The summed E-state index contributed by atoms with van der Waals surface area (Å²) in [5.74, 6) is 0.379. The fourth-order valence-corrected chi connectivity index (χ4v) is 2.99. The molecule has 2 N–H and O–H groups in total. The van der Waals surface area contributed by atoms with Gasteiger partial charge in [-0.05, 0) is 44.8 Å². The van der Waals surface area contributed by atoms with Gasteiger partial charge in [-0.2, -0.15) is 0 Å². The Labute approximate surface area is 113 Å². The van der Waals surface area contributed by atoms with Gasteiger partial charge >= 0.3 is 0 Å². The molecule has 0 radical (unpaired) electrons. The highest BCUT2D eigenvalue weighted by Crippen LogP contribution is 2.38. The summed E-state index contributed by atoms with van der Waals surface area (Å²) in [7, 11) is 0. The molecule has 2 rings (SSSR count). The van der Waals surface area contributed by atoms with Crippen LogP contribution in [0.1, 0.15) is 31.9 Å². The molecule has 5 heteroatoms. The second-order valence-electron chi connectivity index (χ2n) is 5.41. The van der Waals surface area contributed by atoms with E-state index in [2.05, 4.69) is 18.7 Å². The van der Waals surface area contributed by atoms with E-state index in [0.717, 1.165) is 18.5 Å². The van der Waals surface area contributed by atoms with E-state index in [4.69, 9.17) is 5.73 Å². The predicted octanol–water partition coefficient (Wildman–Crippen LogP) is 2.32. The molecule has 2 atom stereocenters. The standard InChI is InChI=1S/C14H21N3O2/c1-10(2)16-7-6-12(9-15)14(16)11-4-3-5-13(8-11)17(18)19/h3-5,8,10,12,14H,6-7,9,15H2,1-2H3. The fourth-order valence-electron chi connectivity index (χ4n) is 2.99. The number of hydrogen-bond donors (Lipinski definition) is 1. The van der Waals surface area contributed by atoms with E-state index in [0.29, 0.717) is 18.5 Å². The molecule has 0 amide bonds. The molecule has 0 aliphatic carbocycles. The molecule has 1 fully saturated rings. The first kappa shape index (κ1) is 14.0. The molecule has 1 heterocycles. The van der Waals surface area contributed by atoms with E-state index in [1.165, 1.54) is 6.07 Å². The Balaban J connectivity index is 2.35. The maximum absolute atomic E-state index is 10.9. The summed E-state index contributed by atoms with van der Waals surface area (Å²) in [4.78, 5) is 12.9. The first-order valence-electron chi connectivity index (χ1n) is 6.74. The Bertz CT molecular complexity index is 462. The number of hydrogen-bond acceptors (Lipinski definition) is 4. The number of likely N-dealkylation sites (tertiary alicyclic amines) is 1. The number of nitro benzene ring substituents is 1. The molecule has 0 saturated carbocycles. The van der Waals surface area contributed by atoms with Crippen LogP contribution >= 0.6 is 0 Å². The minimum absolute atomic E-state index is 0.156. The molecule has 0 spiro atoms. The minimum Gasteiger partial charge on any atom is -0.330 e. The van der Waals surface area contributed by atoms with Gasteiger partial charge in [0.05, 0.1) is 4.92 Å². The van der Waals surface area contributed by atoms with Crippen molar-refractivity contribution in [3.05, 3.63) is 39.9 Å². The van der Waals surface area contributed by atoms with Crippen molar-refractivity contribution in [2.75, 3.05) is 13.1 Å². The summed E-state index contributed by atoms with van der Waals surface area (Å²) in [6.07, 6.45) is 1.06. The van der Waals surface area contributed by atoms with Gasteiger partial charge < -0.3 is 5.73 Å². The van der Waals surface area contributed by atoms with Crippen molar-refractivity contribution in [2.45, 2.75) is 32.4 Å². The second-order valence-corrected chi connectivity index (χ2v) is 5.41. The SMILES string of the molecule is CC(C)N1CCC(CN)C1c1cccc([N+](=O)[O-])c1. The van der Waals surface area contributed by atoms with Crippen molar-refractivity contribution < 1.29 is 4.92 Å². The summed E-state index contributed by atoms with van der Waals surface area (Å²) in [5.41, 5.74) is 7.03. The monoisotopic (exact) mass is 263 g/mol. The van der Waals surface area contributed by atoms with E-state index in [1.54, 1.807) is 12.1 Å². The average molecular weight is 263 g/mol. The number of rotatable bonds is 4. The Hall–Kier alpha value is -1.46. The molecule has 1 aliphatic rings. The van der Waals surface area contributed by atoms with E-state index in [-0.39, 0.29) is 16.7 Å². The van der Waals surface area contributed by atoms with Crippen molar-refractivity contribution in [3.8, 4) is 0 Å². The highest BCUT2D eigenvalue weighted by molar-refractivity contribution is 5.36. The molecule has 2 unspecified atom stereocenters. The molecule has 104 valence electrons. The van der Waals surface area contributed by atoms with Crippen molar-refractivity contribution in [2.24, 2.45) is 11.7 Å². The van der Waals surface area contributed by atoms with Crippen LogP contribution in [0.25, 0.3) is 0 Å². The number of nitro groups is 1. The Morgan fingerprint density at radius 2 is 2.26 bits per heavy atom. The summed E-state index contributed by atoms with van der Waals surface area (Å²) in [6.45, 7) is 5.94. The largest absolute Gasteiger partial charge is 0.330 e. The third-order valence-corrected chi connectivity index (χ3v) is 3.95. The van der Waals surface area contributed by atoms with Gasteiger partial charge in [0, 0.05) is 24.2 Å². The molecular weight excluding hydrogens is 242 g/mol. The molecule has 0 aromatic heterocycles. The van der Waals surface area contributed by atoms with Gasteiger partial charge in [0.15, 0.2) is 0 Å². The normalized spacial score (nSPS) is 24.0. The highest BCUT2D eigenvalue weighted by Gasteiger charge is 2.36. The van der Waals surface area contributed by atoms with Crippen molar-refractivity contribution in [1.82, 2.24) is 4.90 Å². The molecule has 1 saturated heterocycles. The summed E-state index contributed by atoms with van der Waals surface area (Å²) in [5, 5.41) is 10.9. The van der Waals surface area contributed by atoms with Gasteiger partial charge in [-0.25, -0.2) is 0 Å². The van der Waals surface area contributed by atoms with Gasteiger partial charge in [-0.1, -0.05) is 12.1 Å². The minimum atomic E-state index is -0.338. The van der Waals surface area contributed by atoms with E-state index in [1.807, 2.05) is 6.07 Å². The molecule has 1 aromatic rings. The van der Waals surface area contributed by atoms with Gasteiger partial charge in [0.2, 0.25) is 0 Å². The Kier molecular flexibility index (Phi) is 4.17. The zero-order valence-corrected chi connectivity index (χ0v) is 11.5. The lowest BCUT2D eigenvalue weighted by molar-refractivity contribution is -0.385. The number of nitrogens with zero attached hydrogens (tertiary/aromatic N) is 2. The second kappa shape index (κ2) is 5.67. The van der Waals surface area contributed by atoms with Crippen molar-refractivity contribution in [3.63, 3.8) is 0 Å². The predicted molar refractivity (Wildman–Crippen MR) is 74.8 cm³/mol. The van der Waals surface area contributed by atoms with Crippen LogP contribution in [0.3, 0.4) is 0 Å². The number of benzene rings is 1. The number of nitrogens with two attached hydrogens (primary N) is 1. The first-order valence-corrected chi connectivity index (χ1v) is 6.74. The zero-order valence-electron chi connectivity index (χ0n) is 11.5. The summed E-state index contributed by atoms with van der Waals surface area (Å²) >= 11 is 0. The van der Waals surface area contributed by atoms with Gasteiger partial charge in [-0.3, -0.25) is 15.0 Å². The maximum Gasteiger partial charge on any atom is 0.269 e. The lowest BCUT2D eigenvalue weighted by Gasteiger charge is -2.31. The zero-order chi connectivity index (χ0) is 14.0. The smallest absolute Gasteiger partial charge is 0.269 e. The van der Waals surface area contributed by atoms with Crippen LogP contribution in [-0.2, 0) is 0 Å². The van der Waals surface area contributed by atoms with Crippen LogP contribution in [0, 0.1) is 16.0 Å². The van der Waals surface area contributed by atoms with Crippen LogP contribution in [0.15, 0.2) is 24.3 Å². The molecular formula is C14H21N3O2. The average Bonchev–Trinajstić information content (AvgIpc) is 2.82. The molecule has 19 heavy (non-hydrogen) atoms. The van der Waals surface area contributed by atoms with Crippen molar-refractivity contribution in [1.29, 1.82) is 0 Å². The van der Waals surface area contributed by atoms with Crippen LogP contribution in [-0.4, -0.2) is 29.0 Å². The third kappa shape index (κ3) is 2.77. The van der Waals surface area contributed by atoms with Crippen LogP contribution in [0.5, 0.6) is 0 Å². The van der Waals surface area contributed by atoms with Crippen LogP contribution < -0.4 is 5.73 Å². The van der Waals surface area contributed by atoms with Crippen LogP contribution in [0.4, 0.5) is 5.69 Å². The Morgan fingerprint density at radius 1 is 1.53 bits per heavy atom. The molecule has 0 bridgehead atoms. The first-order chi connectivity index (χ1) is 9.04. The topological polar surface area (TPSA) is 72.4 Å². The molecule has 5 nitrogen and oxygen atoms in total. The van der Waals surface area contributed by atoms with Gasteiger partial charge in [0.25, 0.3) is 5.69 Å². The number of non-ortho nitro benzene ring substituents is 1. The van der Waals surface area contributed by atoms with Crippen LogP contribution in [0.2, 0.25) is 0 Å². The third-order valence-electron chi connectivity index (χ3n) is 3.95. The Morgan fingerprint density at radius 3 is 2.84 bits per heavy atom.